The molecule has 0 aromatic heterocycles. The third-order valence-corrected chi connectivity index (χ3v) is 9.86. The fraction of sp³-hybridized carbons (Fsp3) is 0.629. The molecule has 4 fully saturated rings. The smallest absolute Gasteiger partial charge is 0.248 e. The predicted octanol–water partition coefficient (Wildman–Crippen LogP) is 2.49. The van der Waals surface area contributed by atoms with Gasteiger partial charge >= 0.3 is 0 Å². The number of aliphatic hydroxyl groups excluding tert-OH is 1. The van der Waals surface area contributed by atoms with Gasteiger partial charge in [-0.05, 0) is 63.3 Å². The second-order valence-corrected chi connectivity index (χ2v) is 12.6. The molecule has 3 amide bonds. The van der Waals surface area contributed by atoms with Crippen molar-refractivity contribution >= 4 is 23.4 Å². The molecule has 1 aromatic rings. The lowest BCUT2D eigenvalue weighted by atomic mass is 9.70. The molecule has 2 bridgehead atoms. The van der Waals surface area contributed by atoms with Crippen molar-refractivity contribution in [2.75, 3.05) is 77.1 Å². The Morgan fingerprint density at radius 2 is 1.80 bits per heavy atom. The molecule has 11 heteroatoms. The number of carbonyl (C=O) groups excluding carboxylic acids is 3. The van der Waals surface area contributed by atoms with E-state index < -0.39 is 29.6 Å². The quantitative estimate of drug-likeness (QED) is 0.205. The fourth-order valence-corrected chi connectivity index (χ4v) is 7.75. The van der Waals surface area contributed by atoms with Crippen LogP contribution in [0.2, 0.25) is 0 Å². The minimum atomic E-state index is -1.08. The molecule has 1 aromatic carbocycles. The van der Waals surface area contributed by atoms with Crippen molar-refractivity contribution in [3.8, 4) is 5.75 Å². The number of unbranched alkanes of at least 4 members (excludes halogenated alkanes) is 2. The van der Waals surface area contributed by atoms with Gasteiger partial charge in [-0.1, -0.05) is 12.2 Å². The Morgan fingerprint density at radius 1 is 1.07 bits per heavy atom. The van der Waals surface area contributed by atoms with Gasteiger partial charge in [0.15, 0.2) is 0 Å². The maximum Gasteiger partial charge on any atom is 0.248 e. The van der Waals surface area contributed by atoms with Crippen LogP contribution in [0, 0.1) is 11.8 Å². The summed E-state index contributed by atoms with van der Waals surface area (Å²) in [6.07, 6.45) is 6.07. The largest absolute Gasteiger partial charge is 0.494 e. The van der Waals surface area contributed by atoms with Crippen molar-refractivity contribution in [1.82, 2.24) is 14.7 Å². The number of fused-ring (bicyclic) bond motifs is 1. The van der Waals surface area contributed by atoms with Crippen molar-refractivity contribution in [3.63, 3.8) is 0 Å². The molecule has 4 aliphatic rings. The lowest BCUT2D eigenvalue weighted by Crippen LogP contribution is -2.57. The first kappa shape index (κ1) is 34.1. The third-order valence-electron chi connectivity index (χ3n) is 9.86. The number of nitrogens with zero attached hydrogens (tertiary/aromatic N) is 4. The van der Waals surface area contributed by atoms with Gasteiger partial charge in [0.1, 0.15) is 17.4 Å². The van der Waals surface area contributed by atoms with Gasteiger partial charge in [0.2, 0.25) is 17.7 Å². The Labute approximate surface area is 272 Å². The summed E-state index contributed by atoms with van der Waals surface area (Å²) in [5.41, 5.74) is -0.392. The summed E-state index contributed by atoms with van der Waals surface area (Å²) in [6, 6.07) is 6.51. The number of hydrogen-bond acceptors (Lipinski definition) is 8. The van der Waals surface area contributed by atoms with Crippen molar-refractivity contribution in [2.45, 2.75) is 56.8 Å². The number of likely N-dealkylation sites (tertiary alicyclic amines) is 1. The SMILES string of the molecule is C=CCN(CCN1CCOCC1)C(=O)C1N(CCCCCO)C(=O)[C@@H]2[C@H](C(=O)N(CC=C)c3ccc(OCC)cc3)[C@@H]3CCC12O3. The Kier molecular flexibility index (Phi) is 11.5. The number of aliphatic hydroxyl groups is 1. The van der Waals surface area contributed by atoms with Gasteiger partial charge in [-0.2, -0.15) is 0 Å². The van der Waals surface area contributed by atoms with E-state index in [1.165, 1.54) is 0 Å². The van der Waals surface area contributed by atoms with E-state index in [0.29, 0.717) is 83.1 Å². The van der Waals surface area contributed by atoms with Gasteiger partial charge in [0.25, 0.3) is 0 Å². The van der Waals surface area contributed by atoms with E-state index >= 15 is 0 Å². The number of anilines is 1. The highest BCUT2D eigenvalue weighted by molar-refractivity contribution is 6.03. The second-order valence-electron chi connectivity index (χ2n) is 12.6. The van der Waals surface area contributed by atoms with E-state index in [1.807, 2.05) is 31.2 Å². The highest BCUT2D eigenvalue weighted by Gasteiger charge is 2.74. The molecule has 0 saturated carbocycles. The van der Waals surface area contributed by atoms with E-state index in [9.17, 15) is 19.5 Å². The molecule has 4 saturated heterocycles. The summed E-state index contributed by atoms with van der Waals surface area (Å²) in [6.45, 7) is 15.4. The number of amides is 3. The molecule has 1 spiro atoms. The summed E-state index contributed by atoms with van der Waals surface area (Å²) >= 11 is 0. The van der Waals surface area contributed by atoms with Crippen LogP contribution in [0.3, 0.4) is 0 Å². The zero-order valence-electron chi connectivity index (χ0n) is 27.2. The summed E-state index contributed by atoms with van der Waals surface area (Å²) in [5, 5.41) is 9.35. The Morgan fingerprint density at radius 3 is 2.48 bits per heavy atom. The highest BCUT2D eigenvalue weighted by atomic mass is 16.5. The molecular formula is C35H50N4O7. The average molecular weight is 639 g/mol. The van der Waals surface area contributed by atoms with Crippen LogP contribution < -0.4 is 9.64 Å². The molecule has 0 radical (unpaired) electrons. The molecule has 252 valence electrons. The highest BCUT2D eigenvalue weighted by Crippen LogP contribution is 2.59. The molecule has 46 heavy (non-hydrogen) atoms. The maximum absolute atomic E-state index is 14.6. The van der Waals surface area contributed by atoms with Gasteiger partial charge in [0.05, 0.1) is 37.8 Å². The summed E-state index contributed by atoms with van der Waals surface area (Å²) in [5.74, 6) is -1.31. The van der Waals surface area contributed by atoms with E-state index in [-0.39, 0.29) is 30.9 Å². The average Bonchev–Trinajstić information content (AvgIpc) is 3.72. The van der Waals surface area contributed by atoms with Crippen LogP contribution >= 0.6 is 0 Å². The van der Waals surface area contributed by atoms with Crippen LogP contribution in [0.15, 0.2) is 49.6 Å². The van der Waals surface area contributed by atoms with Gasteiger partial charge in [-0.15, -0.1) is 13.2 Å². The predicted molar refractivity (Wildman–Crippen MR) is 174 cm³/mol. The Balaban J connectivity index is 1.44. The van der Waals surface area contributed by atoms with E-state index in [2.05, 4.69) is 18.1 Å². The summed E-state index contributed by atoms with van der Waals surface area (Å²) in [7, 11) is 0. The number of carbonyl (C=O) groups is 3. The molecule has 0 aliphatic carbocycles. The van der Waals surface area contributed by atoms with Crippen LogP contribution in [-0.4, -0.2) is 128 Å². The standard InChI is InChI=1S/C35H50N4O7/c1-4-16-37(20-19-36-21-24-44-25-22-36)34(43)31-35-15-14-28(46-35)29(30(35)33(42)39(31)18-8-7-9-23-40)32(41)38(17-5-2)26-10-12-27(13-11-26)45-6-3/h4-5,10-13,28-31,40H,1-2,6-9,14-25H2,3H3/t28-,29+,30-,31?,35?/m0/s1. The number of benzene rings is 1. The molecule has 2 unspecified atom stereocenters. The molecule has 4 heterocycles. The zero-order chi connectivity index (χ0) is 32.7. The lowest BCUT2D eigenvalue weighted by Gasteiger charge is -2.37. The van der Waals surface area contributed by atoms with E-state index in [4.69, 9.17) is 14.2 Å². The molecular weight excluding hydrogens is 588 g/mol. The number of ether oxygens (including phenoxy) is 3. The third kappa shape index (κ3) is 6.74. The van der Waals surface area contributed by atoms with Crippen molar-refractivity contribution in [3.05, 3.63) is 49.6 Å². The summed E-state index contributed by atoms with van der Waals surface area (Å²) in [4.78, 5) is 50.9. The van der Waals surface area contributed by atoms with Crippen LogP contribution in [0.1, 0.15) is 39.0 Å². The molecule has 4 aliphatic heterocycles. The van der Waals surface area contributed by atoms with Crippen LogP contribution in [-0.2, 0) is 23.9 Å². The van der Waals surface area contributed by atoms with Gasteiger partial charge in [-0.25, -0.2) is 0 Å². The first-order valence-corrected chi connectivity index (χ1v) is 16.8. The topological polar surface area (TPSA) is 112 Å². The number of hydrogen-bond donors (Lipinski definition) is 1. The lowest BCUT2D eigenvalue weighted by molar-refractivity contribution is -0.148. The maximum atomic E-state index is 14.6. The first-order valence-electron chi connectivity index (χ1n) is 16.8. The zero-order valence-corrected chi connectivity index (χ0v) is 27.2. The molecule has 1 N–H and O–H groups in total. The van der Waals surface area contributed by atoms with Gasteiger partial charge in [-0.3, -0.25) is 19.3 Å². The Bertz CT molecular complexity index is 1240. The van der Waals surface area contributed by atoms with Crippen LogP contribution in [0.4, 0.5) is 5.69 Å². The monoisotopic (exact) mass is 638 g/mol. The Hall–Kier alpha value is -3.25. The molecule has 5 atom stereocenters. The number of morpholine rings is 1. The van der Waals surface area contributed by atoms with Gasteiger partial charge < -0.3 is 34.0 Å². The molecule has 5 rings (SSSR count). The fourth-order valence-electron chi connectivity index (χ4n) is 7.75. The minimum Gasteiger partial charge on any atom is -0.494 e. The second kappa shape index (κ2) is 15.6. The van der Waals surface area contributed by atoms with Crippen LogP contribution in [0.25, 0.3) is 0 Å². The van der Waals surface area contributed by atoms with Crippen molar-refractivity contribution < 1.29 is 33.7 Å². The normalized spacial score (nSPS) is 27.0. The van der Waals surface area contributed by atoms with Crippen molar-refractivity contribution in [2.24, 2.45) is 11.8 Å². The van der Waals surface area contributed by atoms with Gasteiger partial charge in [0, 0.05) is 58.1 Å². The van der Waals surface area contributed by atoms with E-state index in [1.54, 1.807) is 26.9 Å². The molecule has 11 nitrogen and oxygen atoms in total. The number of rotatable bonds is 17. The first-order chi connectivity index (χ1) is 22.4. The minimum absolute atomic E-state index is 0.0730. The summed E-state index contributed by atoms with van der Waals surface area (Å²) < 4.78 is 17.8. The van der Waals surface area contributed by atoms with Crippen molar-refractivity contribution in [1.29, 1.82) is 0 Å². The van der Waals surface area contributed by atoms with Crippen LogP contribution in [0.5, 0.6) is 5.75 Å². The van der Waals surface area contributed by atoms with E-state index in [0.717, 1.165) is 19.5 Å².